The maximum absolute atomic E-state index is 11.5. The van der Waals surface area contributed by atoms with Gasteiger partial charge in [0.05, 0.1) is 18.3 Å². The second-order valence-electron chi connectivity index (χ2n) is 2.99. The summed E-state index contributed by atoms with van der Waals surface area (Å²) in [7, 11) is -1.69. The molecule has 0 aliphatic carbocycles. The maximum atomic E-state index is 11.5. The molecule has 0 radical (unpaired) electrons. The van der Waals surface area contributed by atoms with Gasteiger partial charge in [0.1, 0.15) is 0 Å². The summed E-state index contributed by atoms with van der Waals surface area (Å²) in [6.07, 6.45) is 3.03. The Bertz CT molecular complexity index is 358. The molecule has 0 aromatic carbocycles. The Kier molecular flexibility index (Phi) is 3.68. The van der Waals surface area contributed by atoms with Crippen LogP contribution in [0, 0.1) is 0 Å². The van der Waals surface area contributed by atoms with E-state index in [1.165, 1.54) is 23.9 Å². The van der Waals surface area contributed by atoms with Gasteiger partial charge in [-0.3, -0.25) is 0 Å². The fourth-order valence-electron chi connectivity index (χ4n) is 1.04. The van der Waals surface area contributed by atoms with Crippen molar-refractivity contribution in [2.24, 2.45) is 5.73 Å². The second-order valence-corrected chi connectivity index (χ2v) is 5.19. The Morgan fingerprint density at radius 3 is 2.79 bits per heavy atom. The Hall–Kier alpha value is -0.850. The van der Waals surface area contributed by atoms with Gasteiger partial charge in [-0.2, -0.15) is 0 Å². The third kappa shape index (κ3) is 2.83. The van der Waals surface area contributed by atoms with Gasteiger partial charge in [-0.15, -0.1) is 0 Å². The molecule has 0 fully saturated rings. The quantitative estimate of drug-likeness (QED) is 0.754. The lowest BCUT2D eigenvalue weighted by Gasteiger charge is -2.15. The van der Waals surface area contributed by atoms with Gasteiger partial charge < -0.3 is 10.2 Å². The topological polar surface area (TPSA) is 76.5 Å². The lowest BCUT2D eigenvalue weighted by atomic mass is 10.3. The van der Waals surface area contributed by atoms with Crippen LogP contribution in [0.1, 0.15) is 5.56 Å². The van der Waals surface area contributed by atoms with Crippen molar-refractivity contribution in [2.45, 2.75) is 6.54 Å². The molecule has 0 spiro atoms. The Morgan fingerprint density at radius 1 is 1.57 bits per heavy atom. The van der Waals surface area contributed by atoms with E-state index < -0.39 is 10.0 Å². The van der Waals surface area contributed by atoms with Crippen LogP contribution in [0.2, 0.25) is 0 Å². The van der Waals surface area contributed by atoms with Crippen LogP contribution in [0.15, 0.2) is 23.0 Å². The van der Waals surface area contributed by atoms with Gasteiger partial charge in [0.15, 0.2) is 0 Å². The molecule has 0 saturated carbocycles. The van der Waals surface area contributed by atoms with E-state index in [0.29, 0.717) is 6.54 Å². The van der Waals surface area contributed by atoms with Crippen molar-refractivity contribution in [1.82, 2.24) is 4.31 Å². The summed E-state index contributed by atoms with van der Waals surface area (Å²) in [5, 5.41) is 0. The third-order valence-corrected chi connectivity index (χ3v) is 3.67. The maximum Gasteiger partial charge on any atom is 0.215 e. The van der Waals surface area contributed by atoms with E-state index >= 15 is 0 Å². The molecule has 1 aromatic heterocycles. The van der Waals surface area contributed by atoms with Crippen molar-refractivity contribution in [3.05, 3.63) is 24.2 Å². The van der Waals surface area contributed by atoms with Crippen LogP contribution in [0.25, 0.3) is 0 Å². The standard InChI is InChI=1S/C8H14N2O3S/c1-10(14(11,12)5-3-9)6-8-2-4-13-7-8/h2,4,7H,3,5-6,9H2,1H3. The Labute approximate surface area is 83.5 Å². The number of nitrogens with zero attached hydrogens (tertiary/aromatic N) is 1. The lowest BCUT2D eigenvalue weighted by Crippen LogP contribution is -2.31. The van der Waals surface area contributed by atoms with Gasteiger partial charge in [0, 0.05) is 25.7 Å². The highest BCUT2D eigenvalue weighted by Gasteiger charge is 2.16. The van der Waals surface area contributed by atoms with Gasteiger partial charge >= 0.3 is 0 Å². The number of hydrogen-bond donors (Lipinski definition) is 1. The molecule has 1 rings (SSSR count). The van der Waals surface area contributed by atoms with E-state index in [4.69, 9.17) is 10.2 Å². The average Bonchev–Trinajstić information content (AvgIpc) is 2.56. The minimum atomic E-state index is -3.22. The molecule has 80 valence electrons. The molecule has 1 heterocycles. The average molecular weight is 218 g/mol. The van der Waals surface area contributed by atoms with Crippen LogP contribution in [0.4, 0.5) is 0 Å². The molecule has 5 nitrogen and oxygen atoms in total. The van der Waals surface area contributed by atoms with Crippen LogP contribution in [0.3, 0.4) is 0 Å². The fraction of sp³-hybridized carbons (Fsp3) is 0.500. The van der Waals surface area contributed by atoms with E-state index in [9.17, 15) is 8.42 Å². The highest BCUT2D eigenvalue weighted by molar-refractivity contribution is 7.89. The summed E-state index contributed by atoms with van der Waals surface area (Å²) in [5.74, 6) is -0.0264. The van der Waals surface area contributed by atoms with Crippen molar-refractivity contribution in [2.75, 3.05) is 19.3 Å². The summed E-state index contributed by atoms with van der Waals surface area (Å²) in [6, 6.07) is 1.73. The molecule has 14 heavy (non-hydrogen) atoms. The number of rotatable bonds is 5. The molecule has 0 unspecified atom stereocenters. The highest BCUT2D eigenvalue weighted by atomic mass is 32.2. The van der Waals surface area contributed by atoms with E-state index in [0.717, 1.165) is 5.56 Å². The molecular formula is C8H14N2O3S. The molecule has 0 saturated heterocycles. The monoisotopic (exact) mass is 218 g/mol. The van der Waals surface area contributed by atoms with Crippen molar-refractivity contribution in [3.8, 4) is 0 Å². The SMILES string of the molecule is CN(Cc1ccoc1)S(=O)(=O)CCN. The summed E-state index contributed by atoms with van der Waals surface area (Å²) in [5.41, 5.74) is 6.03. The van der Waals surface area contributed by atoms with E-state index in [1.807, 2.05) is 0 Å². The minimum Gasteiger partial charge on any atom is -0.472 e. The number of hydrogen-bond acceptors (Lipinski definition) is 4. The largest absolute Gasteiger partial charge is 0.472 e. The van der Waals surface area contributed by atoms with Gasteiger partial charge in [-0.25, -0.2) is 12.7 Å². The van der Waals surface area contributed by atoms with Gasteiger partial charge in [-0.05, 0) is 6.07 Å². The smallest absolute Gasteiger partial charge is 0.215 e. The first-order valence-electron chi connectivity index (χ1n) is 4.21. The van der Waals surface area contributed by atoms with Gasteiger partial charge in [0.25, 0.3) is 0 Å². The molecular weight excluding hydrogens is 204 g/mol. The summed E-state index contributed by atoms with van der Waals surface area (Å²) >= 11 is 0. The van der Waals surface area contributed by atoms with Gasteiger partial charge in [0.2, 0.25) is 10.0 Å². The second kappa shape index (κ2) is 4.59. The van der Waals surface area contributed by atoms with Gasteiger partial charge in [-0.1, -0.05) is 0 Å². The number of sulfonamides is 1. The summed E-state index contributed by atoms with van der Waals surface area (Å²) < 4.78 is 29.1. The first-order valence-corrected chi connectivity index (χ1v) is 5.82. The van der Waals surface area contributed by atoms with Crippen LogP contribution in [-0.2, 0) is 16.6 Å². The van der Waals surface area contributed by atoms with Crippen LogP contribution in [-0.4, -0.2) is 32.1 Å². The zero-order valence-corrected chi connectivity index (χ0v) is 8.83. The van der Waals surface area contributed by atoms with Crippen LogP contribution < -0.4 is 5.73 Å². The molecule has 0 amide bonds. The predicted octanol–water partition coefficient (Wildman–Crippen LogP) is -0.0001000. The molecule has 1 aromatic rings. The molecule has 6 heteroatoms. The summed E-state index contributed by atoms with van der Waals surface area (Å²) in [6.45, 7) is 0.455. The highest BCUT2D eigenvalue weighted by Crippen LogP contribution is 2.07. The van der Waals surface area contributed by atoms with E-state index in [1.54, 1.807) is 6.07 Å². The van der Waals surface area contributed by atoms with Crippen molar-refractivity contribution in [3.63, 3.8) is 0 Å². The van der Waals surface area contributed by atoms with Crippen molar-refractivity contribution < 1.29 is 12.8 Å². The fourth-order valence-corrected chi connectivity index (χ4v) is 2.00. The normalized spacial score (nSPS) is 12.2. The Morgan fingerprint density at radius 2 is 2.29 bits per heavy atom. The summed E-state index contributed by atoms with van der Waals surface area (Å²) in [4.78, 5) is 0. The number of nitrogens with two attached hydrogens (primary N) is 1. The molecule has 0 bridgehead atoms. The van der Waals surface area contributed by atoms with E-state index in [-0.39, 0.29) is 12.3 Å². The van der Waals surface area contributed by atoms with Crippen LogP contribution in [0.5, 0.6) is 0 Å². The van der Waals surface area contributed by atoms with Crippen LogP contribution >= 0.6 is 0 Å². The Balaban J connectivity index is 2.62. The molecule has 0 aliphatic heterocycles. The minimum absolute atomic E-state index is 0.0264. The van der Waals surface area contributed by atoms with Crippen molar-refractivity contribution >= 4 is 10.0 Å². The first kappa shape index (κ1) is 11.2. The van der Waals surface area contributed by atoms with Crippen molar-refractivity contribution in [1.29, 1.82) is 0 Å². The van der Waals surface area contributed by atoms with E-state index in [2.05, 4.69) is 0 Å². The lowest BCUT2D eigenvalue weighted by molar-refractivity contribution is 0.463. The third-order valence-electron chi connectivity index (χ3n) is 1.84. The number of furan rings is 1. The molecule has 0 atom stereocenters. The molecule has 2 N–H and O–H groups in total. The first-order chi connectivity index (χ1) is 6.56. The molecule has 0 aliphatic rings. The zero-order chi connectivity index (χ0) is 10.6. The predicted molar refractivity (Wildman–Crippen MR) is 53.0 cm³/mol. The zero-order valence-electron chi connectivity index (χ0n) is 8.01.